The Bertz CT molecular complexity index is 631. The molecule has 7 nitrogen and oxygen atoms in total. The number of halogens is 1. The first kappa shape index (κ1) is 23.1. The molecule has 1 aromatic carbocycles. The van der Waals surface area contributed by atoms with E-state index in [1.807, 2.05) is 13.8 Å². The summed E-state index contributed by atoms with van der Waals surface area (Å²) in [4.78, 5) is 4.39. The molecule has 3 N–H and O–H groups in total. The van der Waals surface area contributed by atoms with Crippen molar-refractivity contribution in [3.8, 4) is 0 Å². The molecule has 0 aliphatic carbocycles. The zero-order valence-electron chi connectivity index (χ0n) is 14.7. The SMILES string of the molecule is CN=C(NCc1ccc(S(=O)(=O)NC)cc1)NCC(C)(C)OC.I. The molecule has 0 bridgehead atoms. The van der Waals surface area contributed by atoms with E-state index >= 15 is 0 Å². The van der Waals surface area contributed by atoms with Crippen molar-refractivity contribution >= 4 is 40.0 Å². The summed E-state index contributed by atoms with van der Waals surface area (Å²) in [5.74, 6) is 0.655. The lowest BCUT2D eigenvalue weighted by atomic mass is 10.1. The van der Waals surface area contributed by atoms with E-state index in [2.05, 4.69) is 20.3 Å². The second kappa shape index (κ2) is 10.2. The summed E-state index contributed by atoms with van der Waals surface area (Å²) in [6.45, 7) is 5.11. The highest BCUT2D eigenvalue weighted by molar-refractivity contribution is 14.0. The van der Waals surface area contributed by atoms with Crippen molar-refractivity contribution in [3.63, 3.8) is 0 Å². The minimum Gasteiger partial charge on any atom is -0.377 e. The van der Waals surface area contributed by atoms with Crippen LogP contribution >= 0.6 is 24.0 Å². The highest BCUT2D eigenvalue weighted by Gasteiger charge is 2.16. The van der Waals surface area contributed by atoms with Gasteiger partial charge >= 0.3 is 0 Å². The van der Waals surface area contributed by atoms with Crippen molar-refractivity contribution in [2.45, 2.75) is 30.9 Å². The fourth-order valence-electron chi connectivity index (χ4n) is 1.68. The first-order chi connectivity index (χ1) is 10.7. The molecule has 0 radical (unpaired) electrons. The van der Waals surface area contributed by atoms with Crippen LogP contribution in [-0.2, 0) is 21.3 Å². The van der Waals surface area contributed by atoms with Crippen LogP contribution in [0.15, 0.2) is 34.2 Å². The van der Waals surface area contributed by atoms with Gasteiger partial charge in [-0.25, -0.2) is 13.1 Å². The molecule has 0 saturated heterocycles. The highest BCUT2D eigenvalue weighted by atomic mass is 127. The van der Waals surface area contributed by atoms with Gasteiger partial charge in [0.15, 0.2) is 5.96 Å². The normalized spacial score (nSPS) is 12.5. The molecule has 0 atom stereocenters. The van der Waals surface area contributed by atoms with E-state index in [1.165, 1.54) is 7.05 Å². The number of benzene rings is 1. The number of sulfonamides is 1. The molecular formula is C15H27IN4O3S. The summed E-state index contributed by atoms with van der Waals surface area (Å²) in [6, 6.07) is 6.69. The van der Waals surface area contributed by atoms with Crippen LogP contribution in [0.3, 0.4) is 0 Å². The van der Waals surface area contributed by atoms with Gasteiger partial charge in [0.25, 0.3) is 0 Å². The van der Waals surface area contributed by atoms with E-state index in [4.69, 9.17) is 4.74 Å². The lowest BCUT2D eigenvalue weighted by Crippen LogP contribution is -2.45. The monoisotopic (exact) mass is 470 g/mol. The lowest BCUT2D eigenvalue weighted by molar-refractivity contribution is 0.0268. The minimum absolute atomic E-state index is 0. The molecule has 1 rings (SSSR count). The molecule has 0 spiro atoms. The maximum atomic E-state index is 11.7. The van der Waals surface area contributed by atoms with Crippen LogP contribution < -0.4 is 15.4 Å². The van der Waals surface area contributed by atoms with E-state index in [0.29, 0.717) is 19.0 Å². The van der Waals surface area contributed by atoms with Gasteiger partial charge in [-0.15, -0.1) is 24.0 Å². The predicted octanol–water partition coefficient (Wildman–Crippen LogP) is 1.30. The van der Waals surface area contributed by atoms with Crippen LogP contribution in [0.25, 0.3) is 0 Å². The van der Waals surface area contributed by atoms with Crippen molar-refractivity contribution in [1.29, 1.82) is 0 Å². The second-order valence-electron chi connectivity index (χ2n) is 5.59. The van der Waals surface area contributed by atoms with Crippen LogP contribution in [0.1, 0.15) is 19.4 Å². The Balaban J connectivity index is 0.00000529. The Hall–Kier alpha value is -0.910. The van der Waals surface area contributed by atoms with Crippen molar-refractivity contribution in [2.24, 2.45) is 4.99 Å². The molecule has 9 heteroatoms. The number of rotatable bonds is 7. The van der Waals surface area contributed by atoms with Gasteiger partial charge in [-0.05, 0) is 38.6 Å². The summed E-state index contributed by atoms with van der Waals surface area (Å²) in [5.41, 5.74) is 0.662. The third kappa shape index (κ3) is 7.32. The molecule has 0 aliphatic heterocycles. The molecule has 0 saturated carbocycles. The zero-order valence-corrected chi connectivity index (χ0v) is 17.9. The summed E-state index contributed by atoms with van der Waals surface area (Å²) in [5, 5.41) is 6.36. The first-order valence-electron chi connectivity index (χ1n) is 7.26. The van der Waals surface area contributed by atoms with Gasteiger partial charge in [0.1, 0.15) is 0 Å². The number of aliphatic imine (C=N–C) groups is 1. The minimum atomic E-state index is -3.40. The maximum absolute atomic E-state index is 11.7. The van der Waals surface area contributed by atoms with E-state index in [9.17, 15) is 8.42 Å². The summed E-state index contributed by atoms with van der Waals surface area (Å²) < 4.78 is 31.0. The van der Waals surface area contributed by atoms with Gasteiger partial charge < -0.3 is 15.4 Å². The summed E-state index contributed by atoms with van der Waals surface area (Å²) in [6.07, 6.45) is 0. The van der Waals surface area contributed by atoms with Gasteiger partial charge in [-0.3, -0.25) is 4.99 Å². The molecular weight excluding hydrogens is 443 g/mol. The van der Waals surface area contributed by atoms with E-state index < -0.39 is 10.0 Å². The van der Waals surface area contributed by atoms with E-state index in [1.54, 1.807) is 38.4 Å². The Labute approximate surface area is 161 Å². The Morgan fingerprint density at radius 1 is 1.21 bits per heavy atom. The number of hydrogen-bond donors (Lipinski definition) is 3. The lowest BCUT2D eigenvalue weighted by Gasteiger charge is -2.24. The topological polar surface area (TPSA) is 91.8 Å². The molecule has 0 aromatic heterocycles. The quantitative estimate of drug-likeness (QED) is 0.318. The average molecular weight is 470 g/mol. The Morgan fingerprint density at radius 3 is 2.25 bits per heavy atom. The fourth-order valence-corrected chi connectivity index (χ4v) is 2.41. The number of methoxy groups -OCH3 is 1. The van der Waals surface area contributed by atoms with Crippen molar-refractivity contribution < 1.29 is 13.2 Å². The van der Waals surface area contributed by atoms with Crippen LogP contribution in [0.2, 0.25) is 0 Å². The highest BCUT2D eigenvalue weighted by Crippen LogP contribution is 2.10. The third-order valence-electron chi connectivity index (χ3n) is 3.42. The van der Waals surface area contributed by atoms with Crippen molar-refractivity contribution in [1.82, 2.24) is 15.4 Å². The van der Waals surface area contributed by atoms with Gasteiger partial charge in [-0.1, -0.05) is 12.1 Å². The van der Waals surface area contributed by atoms with Crippen molar-refractivity contribution in [2.75, 3.05) is 27.7 Å². The summed E-state index contributed by atoms with van der Waals surface area (Å²) in [7, 11) is 1.35. The molecule has 0 aliphatic rings. The number of nitrogens with zero attached hydrogens (tertiary/aromatic N) is 1. The maximum Gasteiger partial charge on any atom is 0.240 e. The smallest absolute Gasteiger partial charge is 0.240 e. The van der Waals surface area contributed by atoms with Crippen LogP contribution in [0.5, 0.6) is 0 Å². The number of guanidine groups is 1. The number of hydrogen-bond acceptors (Lipinski definition) is 4. The Kier molecular flexibility index (Phi) is 9.78. The van der Waals surface area contributed by atoms with Gasteiger partial charge in [0, 0.05) is 27.2 Å². The van der Waals surface area contributed by atoms with E-state index in [0.717, 1.165) is 5.56 Å². The third-order valence-corrected chi connectivity index (χ3v) is 4.85. The van der Waals surface area contributed by atoms with Gasteiger partial charge in [0.2, 0.25) is 10.0 Å². The Morgan fingerprint density at radius 2 is 1.79 bits per heavy atom. The van der Waals surface area contributed by atoms with Gasteiger partial charge in [0.05, 0.1) is 10.5 Å². The van der Waals surface area contributed by atoms with E-state index in [-0.39, 0.29) is 34.5 Å². The first-order valence-corrected chi connectivity index (χ1v) is 8.74. The van der Waals surface area contributed by atoms with Gasteiger partial charge in [-0.2, -0.15) is 0 Å². The molecule has 24 heavy (non-hydrogen) atoms. The van der Waals surface area contributed by atoms with Crippen molar-refractivity contribution in [3.05, 3.63) is 29.8 Å². The molecule has 0 fully saturated rings. The predicted molar refractivity (Wildman–Crippen MR) is 107 cm³/mol. The largest absolute Gasteiger partial charge is 0.377 e. The fraction of sp³-hybridized carbons (Fsp3) is 0.533. The molecule has 0 amide bonds. The molecule has 0 heterocycles. The average Bonchev–Trinajstić information content (AvgIpc) is 2.55. The van der Waals surface area contributed by atoms with Crippen LogP contribution in [0.4, 0.5) is 0 Å². The molecule has 1 aromatic rings. The second-order valence-corrected chi connectivity index (χ2v) is 7.48. The standard InChI is InChI=1S/C15H26N4O3S.HI/c1-15(2,22-5)11-19-14(16-3)18-10-12-6-8-13(9-7-12)23(20,21)17-4;/h6-9,17H,10-11H2,1-5H3,(H2,16,18,19);1H. The number of ether oxygens (including phenoxy) is 1. The summed E-state index contributed by atoms with van der Waals surface area (Å²) >= 11 is 0. The number of nitrogens with one attached hydrogen (secondary N) is 3. The molecule has 138 valence electrons. The van der Waals surface area contributed by atoms with Crippen LogP contribution in [0, 0.1) is 0 Å². The zero-order chi connectivity index (χ0) is 17.5. The molecule has 0 unspecified atom stereocenters. The van der Waals surface area contributed by atoms with Crippen LogP contribution in [-0.4, -0.2) is 47.7 Å².